The van der Waals surface area contributed by atoms with Crippen LogP contribution in [0.15, 0.2) is 0 Å². The molecule has 0 spiro atoms. The van der Waals surface area contributed by atoms with E-state index in [0.29, 0.717) is 18.9 Å². The maximum absolute atomic E-state index is 11.3. The van der Waals surface area contributed by atoms with E-state index in [1.165, 1.54) is 19.4 Å². The Labute approximate surface area is 120 Å². The summed E-state index contributed by atoms with van der Waals surface area (Å²) in [5, 5.41) is 0. The molecule has 1 atom stereocenters. The molecule has 0 radical (unpaired) electrons. The van der Waals surface area contributed by atoms with Crippen molar-refractivity contribution in [1.82, 2.24) is 4.90 Å². The van der Waals surface area contributed by atoms with Crippen LogP contribution in [-0.2, 0) is 9.53 Å². The van der Waals surface area contributed by atoms with Crippen molar-refractivity contribution >= 4 is 5.97 Å². The van der Waals surface area contributed by atoms with Gasteiger partial charge < -0.3 is 9.64 Å². The molecule has 0 aromatic rings. The molecular formula is C16H35NO2. The number of esters is 1. The second-order valence-corrected chi connectivity index (χ2v) is 4.24. The Hall–Kier alpha value is -0.570. The summed E-state index contributed by atoms with van der Waals surface area (Å²) in [4.78, 5) is 13.8. The van der Waals surface area contributed by atoms with Gasteiger partial charge in [0, 0.05) is 6.42 Å². The molecule has 0 aliphatic carbocycles. The third-order valence-electron chi connectivity index (χ3n) is 3.15. The summed E-state index contributed by atoms with van der Waals surface area (Å²) < 4.78 is 4.99. The van der Waals surface area contributed by atoms with Gasteiger partial charge in [0.05, 0.1) is 6.61 Å². The Morgan fingerprint density at radius 1 is 1.11 bits per heavy atom. The third kappa shape index (κ3) is 11.0. The zero-order valence-electron chi connectivity index (χ0n) is 14.0. The summed E-state index contributed by atoms with van der Waals surface area (Å²) in [7, 11) is 0. The molecule has 1 rings (SSSR count). The predicted molar refractivity (Wildman–Crippen MR) is 83.4 cm³/mol. The van der Waals surface area contributed by atoms with Gasteiger partial charge in [-0.2, -0.15) is 0 Å². The van der Waals surface area contributed by atoms with Gasteiger partial charge in [-0.3, -0.25) is 4.79 Å². The highest BCUT2D eigenvalue weighted by molar-refractivity contribution is 5.69. The first kappa shape index (κ1) is 20.7. The third-order valence-corrected chi connectivity index (χ3v) is 3.15. The first-order chi connectivity index (χ1) is 9.26. The highest BCUT2D eigenvalue weighted by Crippen LogP contribution is 2.20. The minimum atomic E-state index is -0.0209. The minimum absolute atomic E-state index is 0.0209. The fraction of sp³-hybridized carbons (Fsp3) is 0.938. The number of likely N-dealkylation sites (tertiary alicyclic amines) is 1. The van der Waals surface area contributed by atoms with E-state index in [1.54, 1.807) is 0 Å². The summed E-state index contributed by atoms with van der Waals surface area (Å²) in [6.45, 7) is 16.0. The number of hydrogen-bond donors (Lipinski definition) is 0. The van der Waals surface area contributed by atoms with Crippen molar-refractivity contribution in [3.63, 3.8) is 0 Å². The van der Waals surface area contributed by atoms with Gasteiger partial charge in [0.2, 0.25) is 0 Å². The maximum atomic E-state index is 11.3. The van der Waals surface area contributed by atoms with Gasteiger partial charge in [-0.05, 0) is 51.7 Å². The Morgan fingerprint density at radius 2 is 1.74 bits per heavy atom. The van der Waals surface area contributed by atoms with Crippen LogP contribution in [0, 0.1) is 5.92 Å². The second kappa shape index (κ2) is 15.5. The molecule has 3 nitrogen and oxygen atoms in total. The smallest absolute Gasteiger partial charge is 0.306 e. The predicted octanol–water partition coefficient (Wildman–Crippen LogP) is 4.11. The normalized spacial score (nSPS) is 19.2. The summed E-state index contributed by atoms with van der Waals surface area (Å²) >= 11 is 0. The fourth-order valence-corrected chi connectivity index (χ4v) is 2.20. The van der Waals surface area contributed by atoms with E-state index in [1.807, 2.05) is 34.6 Å². The van der Waals surface area contributed by atoms with Crippen molar-refractivity contribution in [3.05, 3.63) is 0 Å². The van der Waals surface area contributed by atoms with Crippen LogP contribution in [0.5, 0.6) is 0 Å². The van der Waals surface area contributed by atoms with Crippen LogP contribution in [0.25, 0.3) is 0 Å². The number of rotatable bonds is 4. The first-order valence-corrected chi connectivity index (χ1v) is 8.14. The maximum Gasteiger partial charge on any atom is 0.306 e. The SMILES string of the molecule is CC.CC.CCOC(=O)CC1CCCN(CC)CC1. The van der Waals surface area contributed by atoms with Gasteiger partial charge in [0.1, 0.15) is 0 Å². The van der Waals surface area contributed by atoms with E-state index >= 15 is 0 Å². The van der Waals surface area contributed by atoms with Gasteiger partial charge in [0.25, 0.3) is 0 Å². The van der Waals surface area contributed by atoms with Crippen LogP contribution in [0.1, 0.15) is 67.2 Å². The Balaban J connectivity index is 0. The Morgan fingerprint density at radius 3 is 2.26 bits per heavy atom. The number of carbonyl (C=O) groups is 1. The zero-order valence-corrected chi connectivity index (χ0v) is 14.0. The molecule has 0 aromatic heterocycles. The van der Waals surface area contributed by atoms with Gasteiger partial charge >= 0.3 is 5.97 Å². The van der Waals surface area contributed by atoms with Crippen LogP contribution in [0.3, 0.4) is 0 Å². The van der Waals surface area contributed by atoms with Crippen LogP contribution in [-0.4, -0.2) is 37.1 Å². The topological polar surface area (TPSA) is 29.5 Å². The lowest BCUT2D eigenvalue weighted by molar-refractivity contribution is -0.144. The summed E-state index contributed by atoms with van der Waals surface area (Å²) in [5.74, 6) is 0.521. The molecule has 0 bridgehead atoms. The van der Waals surface area contributed by atoms with Crippen molar-refractivity contribution in [1.29, 1.82) is 0 Å². The Kier molecular flexibility index (Phi) is 16.9. The van der Waals surface area contributed by atoms with Crippen molar-refractivity contribution in [2.24, 2.45) is 5.92 Å². The first-order valence-electron chi connectivity index (χ1n) is 8.14. The summed E-state index contributed by atoms with van der Waals surface area (Å²) in [6.07, 6.45) is 4.16. The molecule has 0 amide bonds. The molecule has 0 N–H and O–H groups in total. The molecule has 1 aliphatic heterocycles. The van der Waals surface area contributed by atoms with E-state index < -0.39 is 0 Å². The molecule has 19 heavy (non-hydrogen) atoms. The van der Waals surface area contributed by atoms with Gasteiger partial charge in [-0.25, -0.2) is 0 Å². The molecule has 3 heteroatoms. The Bertz CT molecular complexity index is 195. The molecule has 1 fully saturated rings. The number of hydrogen-bond acceptors (Lipinski definition) is 3. The average Bonchev–Trinajstić information content (AvgIpc) is 2.68. The van der Waals surface area contributed by atoms with Gasteiger partial charge in [0.15, 0.2) is 0 Å². The largest absolute Gasteiger partial charge is 0.466 e. The van der Waals surface area contributed by atoms with Crippen molar-refractivity contribution < 1.29 is 9.53 Å². The second-order valence-electron chi connectivity index (χ2n) is 4.24. The number of ether oxygens (including phenoxy) is 1. The molecule has 1 saturated heterocycles. The van der Waals surface area contributed by atoms with Crippen molar-refractivity contribution in [2.75, 3.05) is 26.2 Å². The van der Waals surface area contributed by atoms with Crippen LogP contribution < -0.4 is 0 Å². The lowest BCUT2D eigenvalue weighted by Gasteiger charge is -2.17. The van der Waals surface area contributed by atoms with Crippen LogP contribution in [0.4, 0.5) is 0 Å². The molecule has 0 saturated carbocycles. The molecule has 1 aliphatic rings. The quantitative estimate of drug-likeness (QED) is 0.722. The van der Waals surface area contributed by atoms with E-state index in [0.717, 1.165) is 19.5 Å². The molecular weight excluding hydrogens is 238 g/mol. The summed E-state index contributed by atoms with van der Waals surface area (Å²) in [5.41, 5.74) is 0. The van der Waals surface area contributed by atoms with Crippen molar-refractivity contribution in [3.8, 4) is 0 Å². The monoisotopic (exact) mass is 273 g/mol. The molecule has 116 valence electrons. The van der Waals surface area contributed by atoms with Crippen LogP contribution >= 0.6 is 0 Å². The number of carbonyl (C=O) groups excluding carboxylic acids is 1. The van der Waals surface area contributed by atoms with Crippen LogP contribution in [0.2, 0.25) is 0 Å². The number of nitrogens with zero attached hydrogens (tertiary/aromatic N) is 1. The van der Waals surface area contributed by atoms with E-state index in [4.69, 9.17) is 4.74 Å². The fourth-order valence-electron chi connectivity index (χ4n) is 2.20. The lowest BCUT2D eigenvalue weighted by Crippen LogP contribution is -2.24. The van der Waals surface area contributed by atoms with Crippen molar-refractivity contribution in [2.45, 2.75) is 67.2 Å². The van der Waals surface area contributed by atoms with E-state index in [9.17, 15) is 4.79 Å². The van der Waals surface area contributed by atoms with Gasteiger partial charge in [-0.15, -0.1) is 0 Å². The van der Waals surface area contributed by atoms with Gasteiger partial charge in [-0.1, -0.05) is 34.6 Å². The summed E-state index contributed by atoms with van der Waals surface area (Å²) in [6, 6.07) is 0. The molecule has 0 aromatic carbocycles. The molecule has 1 unspecified atom stereocenters. The van der Waals surface area contributed by atoms with E-state index in [2.05, 4.69) is 11.8 Å². The zero-order chi connectivity index (χ0) is 15.1. The highest BCUT2D eigenvalue weighted by atomic mass is 16.5. The standard InChI is InChI=1S/C12H23NO2.2C2H6/c1-3-13-8-5-6-11(7-9-13)10-12(14)15-4-2;2*1-2/h11H,3-10H2,1-2H3;2*1-2H3. The highest BCUT2D eigenvalue weighted by Gasteiger charge is 2.19. The minimum Gasteiger partial charge on any atom is -0.466 e. The lowest BCUT2D eigenvalue weighted by atomic mass is 9.97. The molecule has 1 heterocycles. The average molecular weight is 273 g/mol. The van der Waals surface area contributed by atoms with E-state index in [-0.39, 0.29) is 5.97 Å².